The van der Waals surface area contributed by atoms with E-state index in [0.29, 0.717) is 5.56 Å². The summed E-state index contributed by atoms with van der Waals surface area (Å²) in [5.74, 6) is -0.855. The van der Waals surface area contributed by atoms with Crippen LogP contribution in [0.4, 0.5) is 4.39 Å². The Morgan fingerprint density at radius 1 is 0.762 bits per heavy atom. The van der Waals surface area contributed by atoms with Gasteiger partial charge in [0, 0.05) is 10.0 Å². The zero-order chi connectivity index (χ0) is 15.0. The van der Waals surface area contributed by atoms with Crippen LogP contribution >= 0.6 is 31.9 Å². The summed E-state index contributed by atoms with van der Waals surface area (Å²) >= 11 is 6.58. The molecule has 0 aliphatic carbocycles. The highest BCUT2D eigenvalue weighted by Crippen LogP contribution is 2.29. The van der Waals surface area contributed by atoms with Crippen molar-refractivity contribution in [3.05, 3.63) is 80.5 Å². The van der Waals surface area contributed by atoms with Crippen molar-refractivity contribution in [2.45, 2.75) is 0 Å². The van der Waals surface area contributed by atoms with Gasteiger partial charge in [-0.1, -0.05) is 46.3 Å². The quantitative estimate of drug-likeness (QED) is 0.495. The molecule has 3 aromatic carbocycles. The van der Waals surface area contributed by atoms with Crippen molar-refractivity contribution in [2.75, 3.05) is 0 Å². The lowest BCUT2D eigenvalue weighted by atomic mass is 9.97. The van der Waals surface area contributed by atoms with Crippen LogP contribution in [0.2, 0.25) is 0 Å². The fourth-order valence-corrected chi connectivity index (χ4v) is 3.13. The van der Waals surface area contributed by atoms with E-state index in [1.807, 2.05) is 30.3 Å². The first-order valence-corrected chi connectivity index (χ1v) is 7.84. The van der Waals surface area contributed by atoms with Gasteiger partial charge in [-0.05, 0) is 51.0 Å². The van der Waals surface area contributed by atoms with Gasteiger partial charge in [-0.15, -0.1) is 0 Å². The average molecular weight is 408 g/mol. The van der Waals surface area contributed by atoms with Crippen molar-refractivity contribution in [3.8, 4) is 0 Å². The summed E-state index contributed by atoms with van der Waals surface area (Å²) in [6.45, 7) is 0. The fourth-order valence-electron chi connectivity index (χ4n) is 2.28. The standard InChI is InChI=1S/C17H9Br2FO/c18-14-9-8-12(10-4-1-2-5-11(10)14)17(21)13-6-3-7-15(19)16(13)20/h1-9H. The SMILES string of the molecule is O=C(c1cccc(Br)c1F)c1ccc(Br)c2ccccc12. The zero-order valence-corrected chi connectivity index (χ0v) is 13.9. The molecule has 0 fully saturated rings. The van der Waals surface area contributed by atoms with E-state index < -0.39 is 5.82 Å². The predicted molar refractivity (Wildman–Crippen MR) is 89.2 cm³/mol. The summed E-state index contributed by atoms with van der Waals surface area (Å²) in [6.07, 6.45) is 0. The van der Waals surface area contributed by atoms with Gasteiger partial charge in [-0.3, -0.25) is 4.79 Å². The average Bonchev–Trinajstić information content (AvgIpc) is 2.50. The second kappa shape index (κ2) is 5.70. The molecule has 0 atom stereocenters. The lowest BCUT2D eigenvalue weighted by Crippen LogP contribution is -2.05. The van der Waals surface area contributed by atoms with Crippen LogP contribution in [0.25, 0.3) is 10.8 Å². The number of halogens is 3. The summed E-state index contributed by atoms with van der Waals surface area (Å²) in [7, 11) is 0. The molecule has 3 aromatic rings. The summed E-state index contributed by atoms with van der Waals surface area (Å²) in [5, 5.41) is 1.73. The largest absolute Gasteiger partial charge is 0.288 e. The monoisotopic (exact) mass is 406 g/mol. The van der Waals surface area contributed by atoms with Crippen LogP contribution in [0.1, 0.15) is 15.9 Å². The van der Waals surface area contributed by atoms with Crippen molar-refractivity contribution in [1.29, 1.82) is 0 Å². The van der Waals surface area contributed by atoms with Crippen molar-refractivity contribution in [3.63, 3.8) is 0 Å². The van der Waals surface area contributed by atoms with Crippen LogP contribution in [-0.4, -0.2) is 5.78 Å². The third kappa shape index (κ3) is 2.54. The zero-order valence-electron chi connectivity index (χ0n) is 10.7. The van der Waals surface area contributed by atoms with Gasteiger partial charge in [0.1, 0.15) is 5.82 Å². The Balaban J connectivity index is 2.23. The molecule has 0 aliphatic heterocycles. The molecular formula is C17H9Br2FO. The first-order chi connectivity index (χ1) is 10.1. The van der Waals surface area contributed by atoms with Crippen molar-refractivity contribution in [2.24, 2.45) is 0 Å². The van der Waals surface area contributed by atoms with Crippen LogP contribution in [0.15, 0.2) is 63.5 Å². The maximum atomic E-state index is 14.1. The molecule has 4 heteroatoms. The minimum Gasteiger partial charge on any atom is -0.288 e. The summed E-state index contributed by atoms with van der Waals surface area (Å²) < 4.78 is 15.3. The second-order valence-electron chi connectivity index (χ2n) is 4.57. The van der Waals surface area contributed by atoms with Gasteiger partial charge in [0.25, 0.3) is 0 Å². The maximum Gasteiger partial charge on any atom is 0.196 e. The number of carbonyl (C=O) groups excluding carboxylic acids is 1. The van der Waals surface area contributed by atoms with Crippen LogP contribution in [0.5, 0.6) is 0 Å². The molecular weight excluding hydrogens is 399 g/mol. The van der Waals surface area contributed by atoms with Crippen molar-refractivity contribution >= 4 is 48.4 Å². The van der Waals surface area contributed by atoms with E-state index in [0.717, 1.165) is 15.2 Å². The van der Waals surface area contributed by atoms with E-state index in [9.17, 15) is 9.18 Å². The van der Waals surface area contributed by atoms with E-state index in [4.69, 9.17) is 0 Å². The van der Waals surface area contributed by atoms with Gasteiger partial charge in [0.2, 0.25) is 0 Å². The third-order valence-electron chi connectivity index (χ3n) is 3.31. The molecule has 0 saturated heterocycles. The Morgan fingerprint density at radius 3 is 2.24 bits per heavy atom. The van der Waals surface area contributed by atoms with Gasteiger partial charge in [0.05, 0.1) is 10.0 Å². The Bertz CT molecular complexity index is 859. The smallest absolute Gasteiger partial charge is 0.196 e. The van der Waals surface area contributed by atoms with E-state index in [-0.39, 0.29) is 15.8 Å². The van der Waals surface area contributed by atoms with Gasteiger partial charge < -0.3 is 0 Å². The molecule has 0 saturated carbocycles. The van der Waals surface area contributed by atoms with Gasteiger partial charge in [0.15, 0.2) is 5.78 Å². The summed E-state index contributed by atoms with van der Waals surface area (Å²) in [4.78, 5) is 12.7. The number of hydrogen-bond donors (Lipinski definition) is 0. The lowest BCUT2D eigenvalue weighted by molar-refractivity contribution is 0.103. The third-order valence-corrected chi connectivity index (χ3v) is 4.62. The first kappa shape index (κ1) is 14.4. The molecule has 0 N–H and O–H groups in total. The van der Waals surface area contributed by atoms with Crippen LogP contribution in [-0.2, 0) is 0 Å². The Kier molecular flexibility index (Phi) is 3.91. The van der Waals surface area contributed by atoms with E-state index in [1.54, 1.807) is 18.2 Å². The molecule has 104 valence electrons. The summed E-state index contributed by atoms with van der Waals surface area (Å²) in [6, 6.07) is 15.8. The number of rotatable bonds is 2. The molecule has 0 heterocycles. The van der Waals surface area contributed by atoms with Gasteiger partial charge in [-0.2, -0.15) is 0 Å². The number of benzene rings is 3. The van der Waals surface area contributed by atoms with Gasteiger partial charge >= 0.3 is 0 Å². The second-order valence-corrected chi connectivity index (χ2v) is 6.28. The van der Waals surface area contributed by atoms with E-state index in [1.165, 1.54) is 6.07 Å². The van der Waals surface area contributed by atoms with Crippen LogP contribution < -0.4 is 0 Å². The van der Waals surface area contributed by atoms with E-state index >= 15 is 0 Å². The minimum atomic E-state index is -0.533. The Labute approximate surface area is 138 Å². The Hall–Kier alpha value is -1.52. The molecule has 3 rings (SSSR count). The molecule has 0 unspecified atom stereocenters. The van der Waals surface area contributed by atoms with Crippen molar-refractivity contribution in [1.82, 2.24) is 0 Å². The number of hydrogen-bond acceptors (Lipinski definition) is 1. The van der Waals surface area contributed by atoms with Crippen LogP contribution in [0, 0.1) is 5.82 Å². The molecule has 0 bridgehead atoms. The van der Waals surface area contributed by atoms with E-state index in [2.05, 4.69) is 31.9 Å². The maximum absolute atomic E-state index is 14.1. The summed E-state index contributed by atoms with van der Waals surface area (Å²) in [5.41, 5.74) is 0.558. The molecule has 0 aliphatic rings. The molecule has 1 nitrogen and oxygen atoms in total. The highest BCUT2D eigenvalue weighted by molar-refractivity contribution is 9.11. The van der Waals surface area contributed by atoms with Crippen molar-refractivity contribution < 1.29 is 9.18 Å². The normalized spacial score (nSPS) is 10.8. The number of carbonyl (C=O) groups is 1. The molecule has 21 heavy (non-hydrogen) atoms. The molecule has 0 aromatic heterocycles. The Morgan fingerprint density at radius 2 is 1.48 bits per heavy atom. The first-order valence-electron chi connectivity index (χ1n) is 6.25. The van der Waals surface area contributed by atoms with Gasteiger partial charge in [-0.25, -0.2) is 4.39 Å². The molecule has 0 radical (unpaired) electrons. The lowest BCUT2D eigenvalue weighted by Gasteiger charge is -2.09. The number of ketones is 1. The van der Waals surface area contributed by atoms with Crippen LogP contribution in [0.3, 0.4) is 0 Å². The molecule has 0 spiro atoms. The minimum absolute atomic E-state index is 0.0665. The molecule has 0 amide bonds. The highest BCUT2D eigenvalue weighted by atomic mass is 79.9. The highest BCUT2D eigenvalue weighted by Gasteiger charge is 2.18. The predicted octanol–water partition coefficient (Wildman–Crippen LogP) is 5.73. The topological polar surface area (TPSA) is 17.1 Å². The number of fused-ring (bicyclic) bond motifs is 1. The fraction of sp³-hybridized carbons (Fsp3) is 0.